The minimum Gasteiger partial charge on any atom is -0.473 e. The molecule has 33 heavy (non-hydrogen) atoms. The number of ether oxygens (including phenoxy) is 1. The number of nitrogens with one attached hydrogen (secondary N) is 2. The highest BCUT2D eigenvalue weighted by Gasteiger charge is 2.23. The van der Waals surface area contributed by atoms with E-state index in [1.165, 1.54) is 6.92 Å². The van der Waals surface area contributed by atoms with Crippen molar-refractivity contribution in [2.45, 2.75) is 20.0 Å². The molecular formula is C26H22N2O5. The van der Waals surface area contributed by atoms with Crippen LogP contribution in [0.25, 0.3) is 22.3 Å². The first-order chi connectivity index (χ1) is 15.9. The van der Waals surface area contributed by atoms with Gasteiger partial charge in [-0.15, -0.1) is 0 Å². The van der Waals surface area contributed by atoms with Gasteiger partial charge in [0.05, 0.1) is 5.39 Å². The summed E-state index contributed by atoms with van der Waals surface area (Å²) in [5.41, 5.74) is 1.89. The fourth-order valence-corrected chi connectivity index (χ4v) is 3.33. The molecule has 2 N–H and O–H groups in total. The zero-order valence-corrected chi connectivity index (χ0v) is 18.1. The van der Waals surface area contributed by atoms with Gasteiger partial charge in [-0.1, -0.05) is 42.5 Å². The zero-order valence-electron chi connectivity index (χ0n) is 18.1. The van der Waals surface area contributed by atoms with Gasteiger partial charge in [0.15, 0.2) is 11.9 Å². The Hall–Kier alpha value is -4.39. The third kappa shape index (κ3) is 4.93. The molecule has 7 heteroatoms. The summed E-state index contributed by atoms with van der Waals surface area (Å²) < 4.78 is 11.9. The molecule has 1 aromatic heterocycles. The standard InChI is InChI=1S/C26H22N2O5/c1-16(26(31)28-20-14-12-19(13-15-20)27-17(2)29)32-25-23(30)21-10-6-7-11-22(21)33-24(25)18-8-4-3-5-9-18/h3-16H,1-2H3,(H,27,29)(H,28,31). The van der Waals surface area contributed by atoms with Gasteiger partial charge in [-0.3, -0.25) is 14.4 Å². The third-order valence-electron chi connectivity index (χ3n) is 4.93. The van der Waals surface area contributed by atoms with Crippen molar-refractivity contribution in [2.24, 2.45) is 0 Å². The van der Waals surface area contributed by atoms with Gasteiger partial charge in [-0.2, -0.15) is 0 Å². The second kappa shape index (κ2) is 9.40. The van der Waals surface area contributed by atoms with Crippen molar-refractivity contribution in [1.29, 1.82) is 0 Å². The molecule has 0 radical (unpaired) electrons. The summed E-state index contributed by atoms with van der Waals surface area (Å²) in [4.78, 5) is 37.1. The van der Waals surface area contributed by atoms with Gasteiger partial charge in [-0.05, 0) is 43.3 Å². The van der Waals surface area contributed by atoms with E-state index in [0.717, 1.165) is 0 Å². The van der Waals surface area contributed by atoms with Crippen molar-refractivity contribution in [3.63, 3.8) is 0 Å². The van der Waals surface area contributed by atoms with Crippen LogP contribution in [0.4, 0.5) is 11.4 Å². The number of hydrogen-bond donors (Lipinski definition) is 2. The normalized spacial score (nSPS) is 11.6. The molecule has 1 unspecified atom stereocenters. The summed E-state index contributed by atoms with van der Waals surface area (Å²) in [7, 11) is 0. The molecule has 1 atom stereocenters. The lowest BCUT2D eigenvalue weighted by Gasteiger charge is -2.17. The maximum absolute atomic E-state index is 13.2. The molecule has 0 spiro atoms. The Kier molecular flexibility index (Phi) is 6.22. The Morgan fingerprint density at radius 3 is 2.12 bits per heavy atom. The summed E-state index contributed by atoms with van der Waals surface area (Å²) in [5.74, 6) is -0.381. The predicted molar refractivity (Wildman–Crippen MR) is 127 cm³/mol. The van der Waals surface area contributed by atoms with Crippen LogP contribution in [0.1, 0.15) is 13.8 Å². The van der Waals surface area contributed by atoms with Crippen LogP contribution >= 0.6 is 0 Å². The van der Waals surface area contributed by atoms with E-state index in [4.69, 9.17) is 9.15 Å². The second-order valence-electron chi connectivity index (χ2n) is 7.46. The van der Waals surface area contributed by atoms with Crippen molar-refractivity contribution in [1.82, 2.24) is 0 Å². The van der Waals surface area contributed by atoms with Crippen molar-refractivity contribution < 1.29 is 18.7 Å². The van der Waals surface area contributed by atoms with Crippen molar-refractivity contribution in [2.75, 3.05) is 10.6 Å². The third-order valence-corrected chi connectivity index (χ3v) is 4.93. The molecule has 4 aromatic rings. The van der Waals surface area contributed by atoms with Crippen molar-refractivity contribution >= 4 is 34.2 Å². The summed E-state index contributed by atoms with van der Waals surface area (Å²) >= 11 is 0. The lowest BCUT2D eigenvalue weighted by atomic mass is 10.1. The van der Waals surface area contributed by atoms with E-state index in [0.29, 0.717) is 27.9 Å². The number of para-hydroxylation sites is 1. The van der Waals surface area contributed by atoms with E-state index < -0.39 is 12.0 Å². The average Bonchev–Trinajstić information content (AvgIpc) is 2.82. The summed E-state index contributed by atoms with van der Waals surface area (Å²) in [6.07, 6.45) is -0.980. The van der Waals surface area contributed by atoms with Crippen molar-refractivity contribution in [3.8, 4) is 17.1 Å². The van der Waals surface area contributed by atoms with E-state index in [9.17, 15) is 14.4 Å². The fraction of sp³-hybridized carbons (Fsp3) is 0.115. The molecule has 4 rings (SSSR count). The van der Waals surface area contributed by atoms with E-state index in [-0.39, 0.29) is 22.8 Å². The minimum absolute atomic E-state index is 0.0245. The smallest absolute Gasteiger partial charge is 0.265 e. The fourth-order valence-electron chi connectivity index (χ4n) is 3.33. The summed E-state index contributed by atoms with van der Waals surface area (Å²) in [6.45, 7) is 2.98. The highest BCUT2D eigenvalue weighted by atomic mass is 16.5. The highest BCUT2D eigenvalue weighted by Crippen LogP contribution is 2.31. The number of anilines is 2. The molecule has 0 bridgehead atoms. The number of benzene rings is 3. The van der Waals surface area contributed by atoms with Crippen molar-refractivity contribution in [3.05, 3.63) is 89.1 Å². The number of hydrogen-bond acceptors (Lipinski definition) is 5. The van der Waals surface area contributed by atoms with Gasteiger partial charge in [-0.25, -0.2) is 0 Å². The maximum Gasteiger partial charge on any atom is 0.265 e. The van der Waals surface area contributed by atoms with Gasteiger partial charge in [0.1, 0.15) is 5.58 Å². The van der Waals surface area contributed by atoms with Gasteiger partial charge >= 0.3 is 0 Å². The molecule has 0 aliphatic rings. The summed E-state index contributed by atoms with van der Waals surface area (Å²) in [6, 6.07) is 22.7. The lowest BCUT2D eigenvalue weighted by Crippen LogP contribution is -2.31. The number of fused-ring (bicyclic) bond motifs is 1. The Bertz CT molecular complexity index is 1360. The van der Waals surface area contributed by atoms with E-state index >= 15 is 0 Å². The molecule has 0 fully saturated rings. The zero-order chi connectivity index (χ0) is 23.4. The monoisotopic (exact) mass is 442 g/mol. The van der Waals surface area contributed by atoms with Gasteiger partial charge in [0, 0.05) is 23.9 Å². The topological polar surface area (TPSA) is 97.6 Å². The SMILES string of the molecule is CC(=O)Nc1ccc(NC(=O)C(C)Oc2c(-c3ccccc3)oc3ccccc3c2=O)cc1. The van der Waals surface area contributed by atoms with E-state index in [1.807, 2.05) is 18.2 Å². The molecule has 7 nitrogen and oxygen atoms in total. The average molecular weight is 442 g/mol. The second-order valence-corrected chi connectivity index (χ2v) is 7.46. The molecular weight excluding hydrogens is 420 g/mol. The molecule has 166 valence electrons. The van der Waals surface area contributed by atoms with Crippen LogP contribution in [0.5, 0.6) is 5.75 Å². The van der Waals surface area contributed by atoms with E-state index in [1.54, 1.807) is 67.6 Å². The van der Waals surface area contributed by atoms with Gasteiger partial charge < -0.3 is 19.8 Å². The molecule has 0 aliphatic carbocycles. The number of carbonyl (C=O) groups excluding carboxylic acids is 2. The van der Waals surface area contributed by atoms with Crippen LogP contribution in [-0.2, 0) is 9.59 Å². The van der Waals surface area contributed by atoms with Crippen LogP contribution in [-0.4, -0.2) is 17.9 Å². The number of amides is 2. The Morgan fingerprint density at radius 2 is 1.45 bits per heavy atom. The largest absolute Gasteiger partial charge is 0.473 e. The molecule has 2 amide bonds. The minimum atomic E-state index is -0.980. The Morgan fingerprint density at radius 1 is 0.848 bits per heavy atom. The Labute approximate surface area is 190 Å². The van der Waals surface area contributed by atoms with Gasteiger partial charge in [0.25, 0.3) is 5.91 Å². The first-order valence-electron chi connectivity index (χ1n) is 10.4. The highest BCUT2D eigenvalue weighted by molar-refractivity contribution is 5.95. The molecule has 0 saturated carbocycles. The first-order valence-corrected chi connectivity index (χ1v) is 10.4. The Balaban J connectivity index is 1.61. The lowest BCUT2D eigenvalue weighted by molar-refractivity contribution is -0.122. The van der Waals surface area contributed by atoms with Gasteiger partial charge in [0.2, 0.25) is 17.1 Å². The molecule has 3 aromatic carbocycles. The maximum atomic E-state index is 13.2. The molecule has 0 saturated heterocycles. The van der Waals surface area contributed by atoms with Crippen LogP contribution in [0.15, 0.2) is 88.1 Å². The van der Waals surface area contributed by atoms with Crippen LogP contribution < -0.4 is 20.8 Å². The predicted octanol–water partition coefficient (Wildman–Crippen LogP) is 4.82. The summed E-state index contributed by atoms with van der Waals surface area (Å²) in [5, 5.41) is 5.78. The molecule has 1 heterocycles. The number of carbonyl (C=O) groups is 2. The van der Waals surface area contributed by atoms with Crippen LogP contribution in [0.3, 0.4) is 0 Å². The first kappa shape index (κ1) is 21.8. The number of rotatable bonds is 6. The van der Waals surface area contributed by atoms with Crippen LogP contribution in [0.2, 0.25) is 0 Å². The molecule has 0 aliphatic heterocycles. The quantitative estimate of drug-likeness (QED) is 0.446. The van der Waals surface area contributed by atoms with Crippen LogP contribution in [0, 0.1) is 0 Å². The van der Waals surface area contributed by atoms with E-state index in [2.05, 4.69) is 10.6 Å².